The summed E-state index contributed by atoms with van der Waals surface area (Å²) < 4.78 is 0. The minimum Gasteiger partial charge on any atom is -0.391 e. The largest absolute Gasteiger partial charge is 0.391 e. The van der Waals surface area contributed by atoms with Gasteiger partial charge in [-0.15, -0.1) is 5.10 Å². The van der Waals surface area contributed by atoms with Gasteiger partial charge in [-0.1, -0.05) is 27.7 Å². The second-order valence-electron chi connectivity index (χ2n) is 5.03. The Balaban J connectivity index is 2.61. The Hall–Kier alpha value is -1.43. The van der Waals surface area contributed by atoms with Gasteiger partial charge in [-0.3, -0.25) is 9.89 Å². The van der Waals surface area contributed by atoms with Crippen LogP contribution in [0.15, 0.2) is 0 Å². The molecule has 0 aromatic carbocycles. The van der Waals surface area contributed by atoms with E-state index in [2.05, 4.69) is 20.5 Å². The van der Waals surface area contributed by atoms with E-state index in [0.717, 1.165) is 0 Å². The topological polar surface area (TPSA) is 90.9 Å². The maximum Gasteiger partial charge on any atom is 0.291 e. The van der Waals surface area contributed by atoms with Crippen molar-refractivity contribution in [2.45, 2.75) is 45.6 Å². The Kier molecular flexibility index (Phi) is 4.22. The van der Waals surface area contributed by atoms with Crippen LogP contribution in [0.25, 0.3) is 0 Å². The smallest absolute Gasteiger partial charge is 0.291 e. The molecule has 6 nitrogen and oxygen atoms in total. The summed E-state index contributed by atoms with van der Waals surface area (Å²) in [5.74, 6) is 0.404. The number of rotatable bonds is 4. The molecule has 1 amide bonds. The first-order valence-corrected chi connectivity index (χ1v) is 5.73. The molecule has 0 fully saturated rings. The van der Waals surface area contributed by atoms with Gasteiger partial charge in [-0.05, 0) is 6.42 Å². The van der Waals surface area contributed by atoms with Crippen LogP contribution < -0.4 is 5.32 Å². The number of aromatic nitrogens is 3. The van der Waals surface area contributed by atoms with E-state index < -0.39 is 6.10 Å². The number of nitrogens with one attached hydrogen (secondary N) is 2. The first-order chi connectivity index (χ1) is 7.84. The number of nitrogens with zero attached hydrogens (tertiary/aromatic N) is 2. The predicted molar refractivity (Wildman–Crippen MR) is 63.7 cm³/mol. The van der Waals surface area contributed by atoms with E-state index in [1.54, 1.807) is 0 Å². The number of carbonyl (C=O) groups is 1. The number of hydrogen-bond donors (Lipinski definition) is 3. The summed E-state index contributed by atoms with van der Waals surface area (Å²) in [5, 5.41) is 18.5. The van der Waals surface area contributed by atoms with Gasteiger partial charge in [0.1, 0.15) is 5.82 Å². The number of aliphatic hydroxyl groups is 1. The van der Waals surface area contributed by atoms with E-state index in [0.29, 0.717) is 12.2 Å². The van der Waals surface area contributed by atoms with Gasteiger partial charge >= 0.3 is 0 Å². The summed E-state index contributed by atoms with van der Waals surface area (Å²) in [6.07, 6.45) is 0.0709. The van der Waals surface area contributed by atoms with Crippen molar-refractivity contribution in [2.24, 2.45) is 0 Å². The molecule has 0 radical (unpaired) electrons. The minimum absolute atomic E-state index is 0.109. The highest BCUT2D eigenvalue weighted by Crippen LogP contribution is 2.17. The van der Waals surface area contributed by atoms with E-state index in [1.807, 2.05) is 27.7 Å². The van der Waals surface area contributed by atoms with Gasteiger partial charge in [0, 0.05) is 12.0 Å². The van der Waals surface area contributed by atoms with Crippen molar-refractivity contribution in [3.05, 3.63) is 11.6 Å². The Morgan fingerprint density at radius 2 is 2.18 bits per heavy atom. The maximum absolute atomic E-state index is 11.6. The van der Waals surface area contributed by atoms with Crippen LogP contribution in [0, 0.1) is 0 Å². The normalized spacial score (nSPS) is 13.5. The molecule has 6 heteroatoms. The molecule has 1 rings (SSSR count). The van der Waals surface area contributed by atoms with Crippen molar-refractivity contribution in [2.75, 3.05) is 6.54 Å². The van der Waals surface area contributed by atoms with Crippen LogP contribution in [-0.4, -0.2) is 38.8 Å². The third-order valence-corrected chi connectivity index (χ3v) is 2.37. The molecular weight excluding hydrogens is 220 g/mol. The molecule has 0 aliphatic rings. The lowest BCUT2D eigenvalue weighted by Crippen LogP contribution is -2.32. The van der Waals surface area contributed by atoms with Crippen LogP contribution in [-0.2, 0) is 5.41 Å². The van der Waals surface area contributed by atoms with Gasteiger partial charge in [0.05, 0.1) is 6.10 Å². The van der Waals surface area contributed by atoms with E-state index in [4.69, 9.17) is 0 Å². The molecule has 0 aliphatic heterocycles. The molecule has 1 atom stereocenters. The average Bonchev–Trinajstić information content (AvgIpc) is 2.74. The molecule has 0 saturated heterocycles. The van der Waals surface area contributed by atoms with Crippen molar-refractivity contribution in [3.8, 4) is 0 Å². The number of H-pyrrole nitrogens is 1. The first-order valence-electron chi connectivity index (χ1n) is 5.73. The molecule has 0 aliphatic carbocycles. The molecule has 1 unspecified atom stereocenters. The van der Waals surface area contributed by atoms with E-state index in [1.165, 1.54) is 0 Å². The van der Waals surface area contributed by atoms with Gasteiger partial charge in [-0.2, -0.15) is 0 Å². The lowest BCUT2D eigenvalue weighted by Gasteiger charge is -2.12. The van der Waals surface area contributed by atoms with Crippen molar-refractivity contribution in [3.63, 3.8) is 0 Å². The SMILES string of the molecule is CCC(O)CNC(=O)c1n[nH]c(C(C)(C)C)n1. The quantitative estimate of drug-likeness (QED) is 0.719. The van der Waals surface area contributed by atoms with Crippen LogP contribution in [0.1, 0.15) is 50.6 Å². The van der Waals surface area contributed by atoms with Gasteiger partial charge in [0.25, 0.3) is 5.91 Å². The third-order valence-electron chi connectivity index (χ3n) is 2.37. The number of aliphatic hydroxyl groups excluding tert-OH is 1. The monoisotopic (exact) mass is 240 g/mol. The lowest BCUT2D eigenvalue weighted by atomic mass is 9.96. The van der Waals surface area contributed by atoms with Gasteiger partial charge in [0.2, 0.25) is 5.82 Å². The number of carbonyl (C=O) groups excluding carboxylic acids is 1. The molecule has 1 aromatic heterocycles. The Morgan fingerprint density at radius 3 is 2.65 bits per heavy atom. The Labute approximate surface area is 101 Å². The Morgan fingerprint density at radius 1 is 1.53 bits per heavy atom. The molecule has 0 bridgehead atoms. The zero-order valence-electron chi connectivity index (χ0n) is 10.7. The standard InChI is InChI=1S/C11H20N4O2/c1-5-7(16)6-12-9(17)8-13-10(15-14-8)11(2,3)4/h7,16H,5-6H2,1-4H3,(H,12,17)(H,13,14,15). The predicted octanol–water partition coefficient (Wildman–Crippen LogP) is 0.603. The minimum atomic E-state index is -0.528. The van der Waals surface area contributed by atoms with Crippen LogP contribution in [0.2, 0.25) is 0 Å². The first kappa shape index (κ1) is 13.6. The van der Waals surface area contributed by atoms with Crippen LogP contribution in [0.5, 0.6) is 0 Å². The van der Waals surface area contributed by atoms with Crippen LogP contribution in [0.3, 0.4) is 0 Å². The molecule has 1 aromatic rings. The van der Waals surface area contributed by atoms with E-state index >= 15 is 0 Å². The van der Waals surface area contributed by atoms with Gasteiger partial charge < -0.3 is 10.4 Å². The molecule has 96 valence electrons. The van der Waals surface area contributed by atoms with Crippen LogP contribution in [0.4, 0.5) is 0 Å². The van der Waals surface area contributed by atoms with Crippen molar-refractivity contribution in [1.82, 2.24) is 20.5 Å². The summed E-state index contributed by atoms with van der Waals surface area (Å²) in [6, 6.07) is 0. The number of hydrogen-bond acceptors (Lipinski definition) is 4. The fourth-order valence-electron chi connectivity index (χ4n) is 1.13. The molecular formula is C11H20N4O2. The molecule has 3 N–H and O–H groups in total. The second-order valence-corrected chi connectivity index (χ2v) is 5.03. The number of aromatic amines is 1. The molecule has 0 spiro atoms. The van der Waals surface area contributed by atoms with Crippen molar-refractivity contribution < 1.29 is 9.90 Å². The zero-order valence-corrected chi connectivity index (χ0v) is 10.7. The van der Waals surface area contributed by atoms with Gasteiger partial charge in [0.15, 0.2) is 0 Å². The summed E-state index contributed by atoms with van der Waals surface area (Å²) in [6.45, 7) is 8.01. The average molecular weight is 240 g/mol. The van der Waals surface area contributed by atoms with Crippen molar-refractivity contribution >= 4 is 5.91 Å². The summed E-state index contributed by atoms with van der Waals surface area (Å²) >= 11 is 0. The second kappa shape index (κ2) is 5.27. The van der Waals surface area contributed by atoms with Crippen molar-refractivity contribution in [1.29, 1.82) is 0 Å². The lowest BCUT2D eigenvalue weighted by molar-refractivity contribution is 0.0904. The van der Waals surface area contributed by atoms with Crippen LogP contribution >= 0.6 is 0 Å². The fourth-order valence-corrected chi connectivity index (χ4v) is 1.13. The van der Waals surface area contributed by atoms with E-state index in [9.17, 15) is 9.90 Å². The highest BCUT2D eigenvalue weighted by Gasteiger charge is 2.21. The highest BCUT2D eigenvalue weighted by atomic mass is 16.3. The fraction of sp³-hybridized carbons (Fsp3) is 0.727. The number of amides is 1. The molecule has 1 heterocycles. The Bertz CT molecular complexity index is 381. The summed E-state index contributed by atoms with van der Waals surface area (Å²) in [7, 11) is 0. The van der Waals surface area contributed by atoms with E-state index in [-0.39, 0.29) is 23.7 Å². The summed E-state index contributed by atoms with van der Waals surface area (Å²) in [5.41, 5.74) is -0.172. The third kappa shape index (κ3) is 3.81. The summed E-state index contributed by atoms with van der Waals surface area (Å²) in [4.78, 5) is 15.8. The maximum atomic E-state index is 11.6. The van der Waals surface area contributed by atoms with Gasteiger partial charge in [-0.25, -0.2) is 4.98 Å². The zero-order chi connectivity index (χ0) is 13.1. The highest BCUT2D eigenvalue weighted by molar-refractivity contribution is 5.90. The molecule has 0 saturated carbocycles. The molecule has 17 heavy (non-hydrogen) atoms.